The van der Waals surface area contributed by atoms with Gasteiger partial charge in [-0.05, 0) is 60.7 Å². The van der Waals surface area contributed by atoms with Crippen LogP contribution in [0.25, 0.3) is 16.5 Å². The number of aromatic nitrogens is 3. The van der Waals surface area contributed by atoms with Gasteiger partial charge in [0.05, 0.1) is 36.2 Å². The number of rotatable bonds is 8. The lowest BCUT2D eigenvalue weighted by Gasteiger charge is -2.35. The van der Waals surface area contributed by atoms with E-state index in [1.807, 2.05) is 6.07 Å². The van der Waals surface area contributed by atoms with E-state index < -0.39 is 0 Å². The number of fused-ring (bicyclic) bond motifs is 1. The number of Topliss-reactive ketones (excluding diaryl/α,β-unsaturated/α-hetero) is 1. The summed E-state index contributed by atoms with van der Waals surface area (Å²) in [7, 11) is 0. The number of H-pyrrole nitrogens is 1. The highest BCUT2D eigenvalue weighted by molar-refractivity contribution is 6.23. The number of benzene rings is 2. The molecular weight excluding hydrogens is 538 g/mol. The fourth-order valence-corrected chi connectivity index (χ4v) is 5.99. The second kappa shape index (κ2) is 12.1. The predicted octanol–water partition coefficient (Wildman–Crippen LogP) is 5.82. The maximum absolute atomic E-state index is 13.1. The highest BCUT2D eigenvalue weighted by Gasteiger charge is 2.23. The van der Waals surface area contributed by atoms with E-state index in [-0.39, 0.29) is 30.3 Å². The Kier molecular flexibility index (Phi) is 8.15. The summed E-state index contributed by atoms with van der Waals surface area (Å²) in [6, 6.07) is 16.9. The van der Waals surface area contributed by atoms with Crippen LogP contribution in [0.2, 0.25) is 0 Å². The minimum Gasteiger partial charge on any atom is -0.373 e. The summed E-state index contributed by atoms with van der Waals surface area (Å²) in [5, 5.41) is 8.40. The van der Waals surface area contributed by atoms with Crippen molar-refractivity contribution in [3.63, 3.8) is 0 Å². The summed E-state index contributed by atoms with van der Waals surface area (Å²) >= 11 is 0. The molecule has 0 radical (unpaired) electrons. The maximum Gasteiger partial charge on any atom is 0.258 e. The molecule has 222 valence electrons. The van der Waals surface area contributed by atoms with Gasteiger partial charge in [0.2, 0.25) is 0 Å². The molecule has 3 heterocycles. The molecule has 2 N–H and O–H groups in total. The number of carbonyl (C=O) groups is 2. The van der Waals surface area contributed by atoms with Crippen molar-refractivity contribution >= 4 is 28.2 Å². The molecule has 2 aromatic heterocycles. The van der Waals surface area contributed by atoms with Crippen molar-refractivity contribution in [3.8, 4) is 0 Å². The number of nitrogens with one attached hydrogen (secondary N) is 2. The number of nitrogens with zero attached hydrogens (tertiary/aromatic N) is 3. The van der Waals surface area contributed by atoms with Gasteiger partial charge < -0.3 is 15.0 Å². The molecule has 0 bridgehead atoms. The van der Waals surface area contributed by atoms with Gasteiger partial charge in [-0.25, -0.2) is 0 Å². The minimum atomic E-state index is -0.259. The Labute approximate surface area is 252 Å². The number of carbonyl (C=O) groups excluding carboxylic acids is 2. The summed E-state index contributed by atoms with van der Waals surface area (Å²) in [6.45, 7) is 11.8. The molecule has 43 heavy (non-hydrogen) atoms. The molecule has 0 spiro atoms. The van der Waals surface area contributed by atoms with Gasteiger partial charge in [-0.2, -0.15) is 5.10 Å². The molecule has 8 heteroatoms. The van der Waals surface area contributed by atoms with Gasteiger partial charge in [-0.3, -0.25) is 19.2 Å². The average molecular weight is 578 g/mol. The Morgan fingerprint density at radius 1 is 1.05 bits per heavy atom. The second-order valence-electron chi connectivity index (χ2n) is 12.2. The highest BCUT2D eigenvalue weighted by Crippen LogP contribution is 2.27. The molecule has 1 saturated heterocycles. The first kappa shape index (κ1) is 28.8. The van der Waals surface area contributed by atoms with Gasteiger partial charge >= 0.3 is 0 Å². The second-order valence-corrected chi connectivity index (χ2v) is 12.2. The van der Waals surface area contributed by atoms with Crippen molar-refractivity contribution < 1.29 is 14.3 Å². The van der Waals surface area contributed by atoms with Crippen LogP contribution in [0.15, 0.2) is 78.8 Å². The smallest absolute Gasteiger partial charge is 0.258 e. The molecule has 2 aliphatic rings. The Bertz CT molecular complexity index is 1700. The van der Waals surface area contributed by atoms with E-state index >= 15 is 0 Å². The lowest BCUT2D eigenvalue weighted by Crippen LogP contribution is -2.44. The van der Waals surface area contributed by atoms with E-state index in [4.69, 9.17) is 4.74 Å². The monoisotopic (exact) mass is 577 g/mol. The van der Waals surface area contributed by atoms with E-state index in [2.05, 4.69) is 90.5 Å². The van der Waals surface area contributed by atoms with Gasteiger partial charge in [0.1, 0.15) is 0 Å². The zero-order valence-corrected chi connectivity index (χ0v) is 25.3. The standard InChI is InChI=1S/C35H39N5O3/c1-22(2)27-8-5-25(6-9-27)20-40-21-29(16-36-40)35(42)37-30-10-12-34(41)31(15-30)33-14-28-13-26(7-11-32(28)38-33)19-39-17-23(3)43-24(4)18-39/h5-11,13-16,21-24,38H,12,17-20H2,1-4H3,(H,37,42). The van der Waals surface area contributed by atoms with E-state index in [9.17, 15) is 9.59 Å². The molecule has 6 rings (SSSR count). The maximum atomic E-state index is 13.1. The van der Waals surface area contributed by atoms with Crippen LogP contribution in [0.5, 0.6) is 0 Å². The van der Waals surface area contributed by atoms with Gasteiger partial charge in [0.25, 0.3) is 5.91 Å². The largest absolute Gasteiger partial charge is 0.373 e. The third-order valence-corrected chi connectivity index (χ3v) is 8.13. The summed E-state index contributed by atoms with van der Waals surface area (Å²) < 4.78 is 7.64. The average Bonchev–Trinajstić information content (AvgIpc) is 3.61. The van der Waals surface area contributed by atoms with Crippen molar-refractivity contribution in [3.05, 3.63) is 107 Å². The summed E-state index contributed by atoms with van der Waals surface area (Å²) in [4.78, 5) is 31.8. The first-order chi connectivity index (χ1) is 20.7. The Balaban J connectivity index is 1.12. The first-order valence-corrected chi connectivity index (χ1v) is 15.1. The lowest BCUT2D eigenvalue weighted by molar-refractivity contribution is -0.113. The number of allylic oxidation sites excluding steroid dienone is 3. The van der Waals surface area contributed by atoms with Gasteiger partial charge in [-0.15, -0.1) is 0 Å². The third kappa shape index (κ3) is 6.71. The summed E-state index contributed by atoms with van der Waals surface area (Å²) in [5.74, 6) is 0.235. The molecule has 1 fully saturated rings. The number of amides is 1. The molecule has 2 atom stereocenters. The van der Waals surface area contributed by atoms with Crippen LogP contribution in [-0.4, -0.2) is 56.7 Å². The number of hydrogen-bond donors (Lipinski definition) is 2. The molecule has 8 nitrogen and oxygen atoms in total. The SMILES string of the molecule is CC1CN(Cc2ccc3[nH]c(C4=CC(NC(=O)c5cnn(Cc6ccc(C(C)C)cc6)c5)=CCC4=O)cc3c2)CC(C)O1. The molecule has 1 aliphatic heterocycles. The fraction of sp³-hybridized carbons (Fsp3) is 0.343. The van der Waals surface area contributed by atoms with Gasteiger partial charge in [0, 0.05) is 54.4 Å². The van der Waals surface area contributed by atoms with Crippen LogP contribution in [-0.2, 0) is 22.6 Å². The quantitative estimate of drug-likeness (QED) is 0.276. The molecule has 0 saturated carbocycles. The Hall–Kier alpha value is -4.27. The normalized spacial score (nSPS) is 19.5. The third-order valence-electron chi connectivity index (χ3n) is 8.13. The summed E-state index contributed by atoms with van der Waals surface area (Å²) in [6.07, 6.45) is 7.51. The zero-order valence-electron chi connectivity index (χ0n) is 25.3. The molecule has 2 aromatic carbocycles. The van der Waals surface area contributed by atoms with E-state index in [1.165, 1.54) is 11.1 Å². The fourth-order valence-electron chi connectivity index (χ4n) is 5.99. The minimum absolute atomic E-state index is 0.0115. The lowest BCUT2D eigenvalue weighted by atomic mass is 9.98. The molecule has 2 unspecified atom stereocenters. The topological polar surface area (TPSA) is 92.3 Å². The van der Waals surface area contributed by atoms with E-state index in [1.54, 1.807) is 29.2 Å². The van der Waals surface area contributed by atoms with Crippen LogP contribution in [0.1, 0.15) is 72.8 Å². The van der Waals surface area contributed by atoms with Crippen LogP contribution in [0.3, 0.4) is 0 Å². The first-order valence-electron chi connectivity index (χ1n) is 15.1. The number of aromatic amines is 1. The Morgan fingerprint density at radius 2 is 1.79 bits per heavy atom. The molecule has 1 aliphatic carbocycles. The van der Waals surface area contributed by atoms with Crippen LogP contribution >= 0.6 is 0 Å². The Morgan fingerprint density at radius 3 is 2.53 bits per heavy atom. The zero-order chi connectivity index (χ0) is 30.1. The van der Waals surface area contributed by atoms with Crippen LogP contribution < -0.4 is 5.32 Å². The van der Waals surface area contributed by atoms with Crippen molar-refractivity contribution in [2.45, 2.75) is 65.3 Å². The van der Waals surface area contributed by atoms with Gasteiger partial charge in [-0.1, -0.05) is 50.3 Å². The van der Waals surface area contributed by atoms with Crippen molar-refractivity contribution in [2.24, 2.45) is 0 Å². The van der Waals surface area contributed by atoms with E-state index in [0.717, 1.165) is 41.8 Å². The van der Waals surface area contributed by atoms with Crippen LogP contribution in [0.4, 0.5) is 0 Å². The number of ketones is 1. The van der Waals surface area contributed by atoms with Crippen molar-refractivity contribution in [1.82, 2.24) is 25.0 Å². The predicted molar refractivity (Wildman–Crippen MR) is 169 cm³/mol. The molecule has 4 aromatic rings. The van der Waals surface area contributed by atoms with Crippen LogP contribution in [0, 0.1) is 0 Å². The van der Waals surface area contributed by atoms with E-state index in [0.29, 0.717) is 29.3 Å². The molecule has 1 amide bonds. The number of ether oxygens (including phenoxy) is 1. The van der Waals surface area contributed by atoms with Crippen molar-refractivity contribution in [2.75, 3.05) is 13.1 Å². The van der Waals surface area contributed by atoms with Gasteiger partial charge in [0.15, 0.2) is 5.78 Å². The van der Waals surface area contributed by atoms with Crippen molar-refractivity contribution in [1.29, 1.82) is 0 Å². The summed E-state index contributed by atoms with van der Waals surface area (Å²) in [5.41, 5.74) is 7.00. The highest BCUT2D eigenvalue weighted by atomic mass is 16.5. The molecular formula is C35H39N5O3. The number of morpholine rings is 1. The number of hydrogen-bond acceptors (Lipinski definition) is 5.